The lowest BCUT2D eigenvalue weighted by atomic mass is 10.0. The minimum absolute atomic E-state index is 0.0780. The standard InChI is InChI=1S/C22H21F2N5O4/c23-17-8-16-20-22(19(17)24)33-7-6-28(20)11-13(21(16)30)9-25-14-2-1-5-27(12-14)15-3-4-18(26-10-15)29(31)32/h3-4,8,10-11,14,25H,1-2,5-7,9,12H2/t14-/m0/s1. The van der Waals surface area contributed by atoms with Gasteiger partial charge in [0.25, 0.3) is 0 Å². The van der Waals surface area contributed by atoms with E-state index in [0.29, 0.717) is 18.7 Å². The lowest BCUT2D eigenvalue weighted by molar-refractivity contribution is -0.389. The SMILES string of the molecule is O=c1c(CN[C@H]2CCCN(c3ccc([N+](=O)[O-])nc3)C2)cn2c3c(c(F)c(F)cc13)OCC2. The van der Waals surface area contributed by atoms with E-state index in [1.54, 1.807) is 16.8 Å². The Balaban J connectivity index is 1.34. The van der Waals surface area contributed by atoms with E-state index < -0.39 is 16.6 Å². The van der Waals surface area contributed by atoms with Crippen LogP contribution < -0.4 is 20.4 Å². The van der Waals surface area contributed by atoms with Crippen molar-refractivity contribution in [3.05, 3.63) is 68.1 Å². The summed E-state index contributed by atoms with van der Waals surface area (Å²) in [6.07, 6.45) is 4.98. The van der Waals surface area contributed by atoms with Gasteiger partial charge in [0.15, 0.2) is 23.2 Å². The number of pyridine rings is 2. The maximum atomic E-state index is 14.1. The minimum Gasteiger partial charge on any atom is -0.486 e. The van der Waals surface area contributed by atoms with Gasteiger partial charge in [-0.3, -0.25) is 4.79 Å². The van der Waals surface area contributed by atoms with E-state index >= 15 is 0 Å². The van der Waals surface area contributed by atoms with Crippen LogP contribution in [0.3, 0.4) is 0 Å². The average Bonchev–Trinajstić information content (AvgIpc) is 2.83. The van der Waals surface area contributed by atoms with Crippen molar-refractivity contribution in [1.29, 1.82) is 0 Å². The summed E-state index contributed by atoms with van der Waals surface area (Å²) in [4.78, 5) is 29.3. The predicted molar refractivity (Wildman–Crippen MR) is 117 cm³/mol. The molecule has 0 unspecified atom stereocenters. The van der Waals surface area contributed by atoms with Crippen molar-refractivity contribution >= 4 is 22.4 Å². The van der Waals surface area contributed by atoms with Gasteiger partial charge in [0.05, 0.1) is 23.1 Å². The van der Waals surface area contributed by atoms with Crippen LogP contribution in [0.4, 0.5) is 20.3 Å². The third kappa shape index (κ3) is 3.88. The largest absolute Gasteiger partial charge is 0.486 e. The number of rotatable bonds is 5. The molecular weight excluding hydrogens is 436 g/mol. The van der Waals surface area contributed by atoms with Crippen LogP contribution in [0.2, 0.25) is 0 Å². The fraction of sp³-hybridized carbons (Fsp3) is 0.364. The highest BCUT2D eigenvalue weighted by molar-refractivity contribution is 5.86. The molecule has 1 fully saturated rings. The van der Waals surface area contributed by atoms with Crippen molar-refractivity contribution in [2.24, 2.45) is 0 Å². The normalized spacial score (nSPS) is 17.8. The van der Waals surface area contributed by atoms with Crippen LogP contribution in [-0.2, 0) is 13.1 Å². The molecule has 0 amide bonds. The van der Waals surface area contributed by atoms with Crippen molar-refractivity contribution < 1.29 is 18.4 Å². The fourth-order valence-corrected chi connectivity index (χ4v) is 4.52. The van der Waals surface area contributed by atoms with Gasteiger partial charge in [-0.05, 0) is 34.9 Å². The first-order valence-electron chi connectivity index (χ1n) is 10.7. The van der Waals surface area contributed by atoms with E-state index in [9.17, 15) is 23.7 Å². The number of hydrogen-bond acceptors (Lipinski definition) is 7. The van der Waals surface area contributed by atoms with E-state index in [0.717, 1.165) is 31.1 Å². The smallest absolute Gasteiger partial charge is 0.363 e. The highest BCUT2D eigenvalue weighted by Gasteiger charge is 2.25. The van der Waals surface area contributed by atoms with Crippen LogP contribution in [0.1, 0.15) is 18.4 Å². The second kappa shape index (κ2) is 8.39. The summed E-state index contributed by atoms with van der Waals surface area (Å²) < 4.78 is 35.2. The van der Waals surface area contributed by atoms with E-state index in [4.69, 9.17) is 4.74 Å². The van der Waals surface area contributed by atoms with E-state index in [-0.39, 0.29) is 47.1 Å². The molecule has 1 saturated heterocycles. The number of nitrogens with one attached hydrogen (secondary N) is 1. The molecule has 0 saturated carbocycles. The maximum Gasteiger partial charge on any atom is 0.363 e. The molecule has 3 aromatic rings. The molecule has 0 radical (unpaired) electrons. The molecule has 4 heterocycles. The van der Waals surface area contributed by atoms with Crippen molar-refractivity contribution in [2.45, 2.75) is 32.0 Å². The molecule has 1 aromatic carbocycles. The van der Waals surface area contributed by atoms with Crippen LogP contribution in [0.25, 0.3) is 10.9 Å². The number of piperidine rings is 1. The van der Waals surface area contributed by atoms with Gasteiger partial charge in [-0.2, -0.15) is 4.39 Å². The van der Waals surface area contributed by atoms with Gasteiger partial charge < -0.3 is 29.6 Å². The summed E-state index contributed by atoms with van der Waals surface area (Å²) in [6.45, 7) is 2.36. The Labute approximate surface area is 186 Å². The van der Waals surface area contributed by atoms with Crippen LogP contribution in [0, 0.1) is 21.7 Å². The molecule has 1 atom stereocenters. The number of hydrogen-bond donors (Lipinski definition) is 1. The van der Waals surface area contributed by atoms with E-state index in [1.165, 1.54) is 12.3 Å². The molecule has 33 heavy (non-hydrogen) atoms. The summed E-state index contributed by atoms with van der Waals surface area (Å²) in [6, 6.07) is 4.08. The first-order chi connectivity index (χ1) is 15.9. The zero-order valence-electron chi connectivity index (χ0n) is 17.6. The molecular formula is C22H21F2N5O4. The highest BCUT2D eigenvalue weighted by atomic mass is 19.2. The number of nitro groups is 1. The van der Waals surface area contributed by atoms with Crippen molar-refractivity contribution in [3.63, 3.8) is 0 Å². The number of nitrogens with zero attached hydrogens (tertiary/aromatic N) is 4. The molecule has 0 spiro atoms. The lowest BCUT2D eigenvalue weighted by Crippen LogP contribution is -2.46. The number of aromatic nitrogens is 2. The summed E-state index contributed by atoms with van der Waals surface area (Å²) >= 11 is 0. The van der Waals surface area contributed by atoms with Crippen molar-refractivity contribution in [1.82, 2.24) is 14.9 Å². The van der Waals surface area contributed by atoms with Gasteiger partial charge in [0.2, 0.25) is 5.82 Å². The zero-order valence-corrected chi connectivity index (χ0v) is 17.6. The third-order valence-corrected chi connectivity index (χ3v) is 6.15. The van der Waals surface area contributed by atoms with Crippen LogP contribution in [0.15, 0.2) is 35.4 Å². The Kier molecular flexibility index (Phi) is 5.41. The van der Waals surface area contributed by atoms with Gasteiger partial charge in [-0.15, -0.1) is 0 Å². The fourth-order valence-electron chi connectivity index (χ4n) is 4.52. The zero-order chi connectivity index (χ0) is 23.1. The third-order valence-electron chi connectivity index (χ3n) is 6.15. The van der Waals surface area contributed by atoms with Gasteiger partial charge in [-0.25, -0.2) is 4.39 Å². The van der Waals surface area contributed by atoms with E-state index in [2.05, 4.69) is 15.2 Å². The number of benzene rings is 1. The minimum atomic E-state index is -1.10. The predicted octanol–water partition coefficient (Wildman–Crippen LogP) is 2.73. The second-order valence-corrected chi connectivity index (χ2v) is 8.22. The number of ether oxygens (including phenoxy) is 1. The van der Waals surface area contributed by atoms with Crippen LogP contribution in [0.5, 0.6) is 5.75 Å². The van der Waals surface area contributed by atoms with Gasteiger partial charge in [0, 0.05) is 43.5 Å². The molecule has 172 valence electrons. The highest BCUT2D eigenvalue weighted by Crippen LogP contribution is 2.32. The van der Waals surface area contributed by atoms with Gasteiger partial charge in [0.1, 0.15) is 6.61 Å². The van der Waals surface area contributed by atoms with Gasteiger partial charge in [-0.1, -0.05) is 0 Å². The quantitative estimate of drug-likeness (QED) is 0.464. The summed E-state index contributed by atoms with van der Waals surface area (Å²) in [7, 11) is 0. The molecule has 0 aliphatic carbocycles. The van der Waals surface area contributed by atoms with Crippen LogP contribution >= 0.6 is 0 Å². The monoisotopic (exact) mass is 457 g/mol. The van der Waals surface area contributed by atoms with Crippen molar-refractivity contribution in [3.8, 4) is 5.75 Å². The molecule has 11 heteroatoms. The number of halogens is 2. The van der Waals surface area contributed by atoms with Gasteiger partial charge >= 0.3 is 5.82 Å². The summed E-state index contributed by atoms with van der Waals surface area (Å²) in [5.41, 5.74) is 1.19. The molecule has 9 nitrogen and oxygen atoms in total. The topological polar surface area (TPSA) is 103 Å². The molecule has 0 bridgehead atoms. The Morgan fingerprint density at radius 2 is 2.15 bits per heavy atom. The Bertz CT molecular complexity index is 1290. The van der Waals surface area contributed by atoms with Crippen LogP contribution in [-0.4, -0.2) is 40.2 Å². The second-order valence-electron chi connectivity index (χ2n) is 8.22. The number of anilines is 1. The molecule has 1 N–H and O–H groups in total. The Hall–Kier alpha value is -3.60. The Morgan fingerprint density at radius 3 is 2.91 bits per heavy atom. The first kappa shape index (κ1) is 21.3. The molecule has 2 aliphatic heterocycles. The van der Waals surface area contributed by atoms with E-state index in [1.807, 2.05) is 0 Å². The summed E-state index contributed by atoms with van der Waals surface area (Å²) in [5, 5.41) is 14.3. The average molecular weight is 457 g/mol. The first-order valence-corrected chi connectivity index (χ1v) is 10.7. The lowest BCUT2D eigenvalue weighted by Gasteiger charge is -2.34. The molecule has 5 rings (SSSR count). The van der Waals surface area contributed by atoms with Crippen molar-refractivity contribution in [2.75, 3.05) is 24.6 Å². The summed E-state index contributed by atoms with van der Waals surface area (Å²) in [5.74, 6) is -2.60. The Morgan fingerprint density at radius 1 is 1.30 bits per heavy atom. The maximum absolute atomic E-state index is 14.1. The molecule has 2 aliphatic rings. The molecule has 2 aromatic heterocycles.